The molecule has 3 heteroatoms. The number of rotatable bonds is 2. The van der Waals surface area contributed by atoms with Crippen molar-refractivity contribution in [3.05, 3.63) is 29.3 Å². The SMILES string of the molecule is CCc1cccc(C)c1NC1=NCC(C)CS1. The zero-order chi connectivity index (χ0) is 12.3. The lowest BCUT2D eigenvalue weighted by molar-refractivity contribution is 0.674. The van der Waals surface area contributed by atoms with Gasteiger partial charge in [-0.15, -0.1) is 0 Å². The second-order valence-electron chi connectivity index (χ2n) is 4.65. The summed E-state index contributed by atoms with van der Waals surface area (Å²) in [7, 11) is 0. The number of hydrogen-bond donors (Lipinski definition) is 1. The van der Waals surface area contributed by atoms with E-state index >= 15 is 0 Å². The topological polar surface area (TPSA) is 24.4 Å². The number of nitrogens with zero attached hydrogens (tertiary/aromatic N) is 1. The Morgan fingerprint density at radius 3 is 2.94 bits per heavy atom. The number of nitrogens with one attached hydrogen (secondary N) is 1. The Kier molecular flexibility index (Phi) is 4.11. The van der Waals surface area contributed by atoms with Gasteiger partial charge in [-0.2, -0.15) is 0 Å². The first-order chi connectivity index (χ1) is 8.20. The van der Waals surface area contributed by atoms with E-state index in [2.05, 4.69) is 49.3 Å². The Hall–Kier alpha value is -0.960. The molecule has 1 aliphatic heterocycles. The predicted molar refractivity (Wildman–Crippen MR) is 78.1 cm³/mol. The molecule has 2 nitrogen and oxygen atoms in total. The molecule has 0 fully saturated rings. The van der Waals surface area contributed by atoms with Gasteiger partial charge in [0.15, 0.2) is 5.17 Å². The minimum atomic E-state index is 0.702. The van der Waals surface area contributed by atoms with Crippen molar-refractivity contribution in [3.63, 3.8) is 0 Å². The quantitative estimate of drug-likeness (QED) is 0.863. The fraction of sp³-hybridized carbons (Fsp3) is 0.500. The van der Waals surface area contributed by atoms with Gasteiger partial charge in [0.1, 0.15) is 0 Å². The fourth-order valence-electron chi connectivity index (χ4n) is 1.94. The van der Waals surface area contributed by atoms with Gasteiger partial charge in [0.05, 0.1) is 0 Å². The highest BCUT2D eigenvalue weighted by atomic mass is 32.2. The number of hydrogen-bond acceptors (Lipinski definition) is 3. The van der Waals surface area contributed by atoms with Gasteiger partial charge in [0, 0.05) is 18.0 Å². The lowest BCUT2D eigenvalue weighted by Gasteiger charge is -2.20. The van der Waals surface area contributed by atoms with Crippen LogP contribution >= 0.6 is 11.8 Å². The van der Waals surface area contributed by atoms with Crippen molar-refractivity contribution in [1.29, 1.82) is 0 Å². The minimum absolute atomic E-state index is 0.702. The molecule has 1 N–H and O–H groups in total. The van der Waals surface area contributed by atoms with E-state index in [1.54, 1.807) is 0 Å². The lowest BCUT2D eigenvalue weighted by atomic mass is 10.1. The van der Waals surface area contributed by atoms with Gasteiger partial charge >= 0.3 is 0 Å². The molecule has 17 heavy (non-hydrogen) atoms. The molecule has 92 valence electrons. The van der Waals surface area contributed by atoms with E-state index < -0.39 is 0 Å². The van der Waals surface area contributed by atoms with E-state index in [9.17, 15) is 0 Å². The summed E-state index contributed by atoms with van der Waals surface area (Å²) in [6.45, 7) is 7.54. The van der Waals surface area contributed by atoms with Crippen LogP contribution in [-0.2, 0) is 6.42 Å². The van der Waals surface area contributed by atoms with Gasteiger partial charge in [-0.25, -0.2) is 0 Å². The van der Waals surface area contributed by atoms with E-state index in [0.717, 1.165) is 18.1 Å². The molecule has 0 aliphatic carbocycles. The van der Waals surface area contributed by atoms with E-state index in [4.69, 9.17) is 0 Å². The van der Waals surface area contributed by atoms with Crippen molar-refractivity contribution < 1.29 is 0 Å². The third-order valence-corrected chi connectivity index (χ3v) is 4.26. The van der Waals surface area contributed by atoms with Gasteiger partial charge in [-0.3, -0.25) is 4.99 Å². The normalized spacial score (nSPS) is 19.9. The maximum Gasteiger partial charge on any atom is 0.161 e. The van der Waals surface area contributed by atoms with Gasteiger partial charge in [-0.05, 0) is 30.4 Å². The van der Waals surface area contributed by atoms with Crippen LogP contribution in [0.15, 0.2) is 23.2 Å². The molecule has 0 amide bonds. The predicted octanol–water partition coefficient (Wildman–Crippen LogP) is 3.71. The second-order valence-corrected chi connectivity index (χ2v) is 5.66. The van der Waals surface area contributed by atoms with Crippen LogP contribution in [0.25, 0.3) is 0 Å². The molecule has 1 unspecified atom stereocenters. The summed E-state index contributed by atoms with van der Waals surface area (Å²) >= 11 is 1.83. The largest absolute Gasteiger partial charge is 0.335 e. The van der Waals surface area contributed by atoms with Crippen molar-refractivity contribution in [2.45, 2.75) is 27.2 Å². The summed E-state index contributed by atoms with van der Waals surface area (Å²) in [6.07, 6.45) is 1.05. The number of aryl methyl sites for hydroxylation is 2. The van der Waals surface area contributed by atoms with Crippen LogP contribution in [0.1, 0.15) is 25.0 Å². The maximum atomic E-state index is 4.59. The number of amidine groups is 1. The second kappa shape index (κ2) is 5.58. The minimum Gasteiger partial charge on any atom is -0.335 e. The molecule has 0 bridgehead atoms. The molecule has 0 saturated carbocycles. The number of anilines is 1. The highest BCUT2D eigenvalue weighted by Crippen LogP contribution is 2.25. The molecule has 1 heterocycles. The Morgan fingerprint density at radius 1 is 1.47 bits per heavy atom. The van der Waals surface area contributed by atoms with Gasteiger partial charge in [0.25, 0.3) is 0 Å². The Bertz CT molecular complexity index is 426. The van der Waals surface area contributed by atoms with Crippen molar-refractivity contribution in [1.82, 2.24) is 0 Å². The van der Waals surface area contributed by atoms with Crippen LogP contribution in [0, 0.1) is 12.8 Å². The Labute approximate surface area is 108 Å². The fourth-order valence-corrected chi connectivity index (χ4v) is 2.83. The van der Waals surface area contributed by atoms with Crippen LogP contribution < -0.4 is 5.32 Å². The first kappa shape index (κ1) is 12.5. The lowest BCUT2D eigenvalue weighted by Crippen LogP contribution is -2.19. The summed E-state index contributed by atoms with van der Waals surface area (Å²) in [5, 5.41) is 4.58. The van der Waals surface area contributed by atoms with Crippen molar-refractivity contribution in [2.24, 2.45) is 10.9 Å². The molecule has 0 saturated heterocycles. The van der Waals surface area contributed by atoms with E-state index in [0.29, 0.717) is 5.92 Å². The molecule has 1 aromatic rings. The van der Waals surface area contributed by atoms with Gasteiger partial charge in [-0.1, -0.05) is 43.8 Å². The number of para-hydroxylation sites is 1. The van der Waals surface area contributed by atoms with Crippen molar-refractivity contribution in [3.8, 4) is 0 Å². The van der Waals surface area contributed by atoms with E-state index in [1.807, 2.05) is 11.8 Å². The standard InChI is InChI=1S/C14H20N2S/c1-4-12-7-5-6-11(3)13(12)16-14-15-8-10(2)9-17-14/h5-7,10H,4,8-9H2,1-3H3,(H,15,16). The van der Waals surface area contributed by atoms with Crippen LogP contribution in [0.5, 0.6) is 0 Å². The number of benzene rings is 1. The zero-order valence-corrected chi connectivity index (χ0v) is 11.6. The van der Waals surface area contributed by atoms with Crippen LogP contribution in [-0.4, -0.2) is 17.5 Å². The van der Waals surface area contributed by atoms with Crippen LogP contribution in [0.2, 0.25) is 0 Å². The summed E-state index contributed by atoms with van der Waals surface area (Å²) < 4.78 is 0. The molecule has 1 aromatic carbocycles. The summed E-state index contributed by atoms with van der Waals surface area (Å²) in [5.74, 6) is 1.87. The first-order valence-corrected chi connectivity index (χ1v) is 7.22. The molecule has 0 spiro atoms. The number of thioether (sulfide) groups is 1. The van der Waals surface area contributed by atoms with E-state index in [1.165, 1.54) is 22.6 Å². The molecule has 1 aliphatic rings. The number of aliphatic imine (C=N–C) groups is 1. The highest BCUT2D eigenvalue weighted by Gasteiger charge is 2.13. The van der Waals surface area contributed by atoms with Gasteiger partial charge in [0.2, 0.25) is 0 Å². The molecular weight excluding hydrogens is 228 g/mol. The molecule has 0 radical (unpaired) electrons. The third kappa shape index (κ3) is 3.03. The molecule has 1 atom stereocenters. The Morgan fingerprint density at radius 2 is 2.29 bits per heavy atom. The highest BCUT2D eigenvalue weighted by molar-refractivity contribution is 8.14. The third-order valence-electron chi connectivity index (χ3n) is 3.02. The smallest absolute Gasteiger partial charge is 0.161 e. The summed E-state index contributed by atoms with van der Waals surface area (Å²) in [5.41, 5.74) is 3.91. The summed E-state index contributed by atoms with van der Waals surface area (Å²) in [6, 6.07) is 6.46. The van der Waals surface area contributed by atoms with Gasteiger partial charge < -0.3 is 5.32 Å². The average molecular weight is 248 g/mol. The monoisotopic (exact) mass is 248 g/mol. The molecule has 2 rings (SSSR count). The van der Waals surface area contributed by atoms with Crippen molar-refractivity contribution in [2.75, 3.05) is 17.6 Å². The van der Waals surface area contributed by atoms with Crippen LogP contribution in [0.3, 0.4) is 0 Å². The molecule has 0 aromatic heterocycles. The Balaban J connectivity index is 2.18. The first-order valence-electron chi connectivity index (χ1n) is 6.23. The zero-order valence-electron chi connectivity index (χ0n) is 10.8. The van der Waals surface area contributed by atoms with Crippen molar-refractivity contribution >= 4 is 22.6 Å². The summed E-state index contributed by atoms with van der Waals surface area (Å²) in [4.78, 5) is 4.59. The maximum absolute atomic E-state index is 4.59. The molecular formula is C14H20N2S. The average Bonchev–Trinajstić information content (AvgIpc) is 2.34. The van der Waals surface area contributed by atoms with E-state index in [-0.39, 0.29) is 0 Å². The van der Waals surface area contributed by atoms with Crippen LogP contribution in [0.4, 0.5) is 5.69 Å².